The number of halogens is 3. The summed E-state index contributed by atoms with van der Waals surface area (Å²) in [4.78, 5) is 7.18. The van der Waals surface area contributed by atoms with Gasteiger partial charge in [0.2, 0.25) is 0 Å². The van der Waals surface area contributed by atoms with Gasteiger partial charge in [0.15, 0.2) is 0 Å². The van der Waals surface area contributed by atoms with E-state index >= 15 is 0 Å². The molecule has 2 saturated heterocycles. The topological polar surface area (TPSA) is 37.4 Å². The molecule has 0 bridgehead atoms. The number of hydrogen-bond acceptors (Lipinski definition) is 4. The van der Waals surface area contributed by atoms with E-state index in [0.717, 1.165) is 60.5 Å². The molecule has 30 heavy (non-hydrogen) atoms. The summed E-state index contributed by atoms with van der Waals surface area (Å²) in [6.45, 7) is 4.94. The monoisotopic (exact) mass is 419 g/mol. The Bertz CT molecular complexity index is 930. The molecule has 4 nitrogen and oxygen atoms in total. The molecule has 4 rings (SSSR count). The first-order valence-corrected chi connectivity index (χ1v) is 10.3. The minimum absolute atomic E-state index is 0.105. The first-order chi connectivity index (χ1) is 14.1. The maximum absolute atomic E-state index is 12.9. The van der Waals surface area contributed by atoms with Crippen LogP contribution in [0, 0.1) is 6.92 Å². The molecule has 1 aromatic carbocycles. The number of nitrogens with one attached hydrogen (secondary N) is 1. The van der Waals surface area contributed by atoms with Crippen LogP contribution in [0.3, 0.4) is 0 Å². The third-order valence-electron chi connectivity index (χ3n) is 7.13. The number of pyridine rings is 1. The molecule has 3 heterocycles. The number of likely N-dealkylation sites (N-methyl/N-ethyl adjacent to an activating group) is 1. The van der Waals surface area contributed by atoms with Gasteiger partial charge in [-0.1, -0.05) is 12.1 Å². The quantitative estimate of drug-likeness (QED) is 0.765. The summed E-state index contributed by atoms with van der Waals surface area (Å²) >= 11 is 0. The number of alkyl halides is 3. The molecule has 1 N–H and O–H groups in total. The average Bonchev–Trinajstić information content (AvgIpc) is 3.22. The molecule has 2 fully saturated rings. The molecular weight excluding hydrogens is 391 g/mol. The Kier molecular flexibility index (Phi) is 5.19. The lowest BCUT2D eigenvalue weighted by molar-refractivity contribution is -0.137. The summed E-state index contributed by atoms with van der Waals surface area (Å²) < 4.78 is 44.6. The molecule has 0 saturated carbocycles. The Balaban J connectivity index is 1.66. The van der Waals surface area contributed by atoms with Crippen LogP contribution in [0.4, 0.5) is 13.2 Å². The number of rotatable bonds is 3. The van der Waals surface area contributed by atoms with Crippen molar-refractivity contribution in [3.8, 4) is 11.1 Å². The van der Waals surface area contributed by atoms with Crippen LogP contribution in [0.2, 0.25) is 0 Å². The van der Waals surface area contributed by atoms with E-state index in [1.54, 1.807) is 7.11 Å². The minimum atomic E-state index is -4.33. The van der Waals surface area contributed by atoms with Gasteiger partial charge in [-0.05, 0) is 82.1 Å². The summed E-state index contributed by atoms with van der Waals surface area (Å²) in [6.07, 6.45) is -1.37. The van der Waals surface area contributed by atoms with E-state index in [4.69, 9.17) is 9.72 Å². The predicted molar refractivity (Wildman–Crippen MR) is 110 cm³/mol. The summed E-state index contributed by atoms with van der Waals surface area (Å²) in [5, 5.41) is 3.51. The van der Waals surface area contributed by atoms with Gasteiger partial charge in [0, 0.05) is 12.8 Å². The maximum atomic E-state index is 12.9. The highest BCUT2D eigenvalue weighted by atomic mass is 19.4. The van der Waals surface area contributed by atoms with Gasteiger partial charge in [-0.25, -0.2) is 0 Å². The fourth-order valence-electron chi connectivity index (χ4n) is 5.32. The number of aryl methyl sites for hydroxylation is 1. The van der Waals surface area contributed by atoms with Gasteiger partial charge in [0.1, 0.15) is 5.72 Å². The van der Waals surface area contributed by atoms with Crippen molar-refractivity contribution in [3.63, 3.8) is 0 Å². The smallest absolute Gasteiger partial charge is 0.362 e. The minimum Gasteiger partial charge on any atom is -0.362 e. The van der Waals surface area contributed by atoms with Crippen LogP contribution in [-0.4, -0.2) is 41.9 Å². The molecule has 2 aliphatic rings. The third kappa shape index (κ3) is 3.33. The van der Waals surface area contributed by atoms with Crippen molar-refractivity contribution in [2.24, 2.45) is 0 Å². The Morgan fingerprint density at radius 1 is 1.13 bits per heavy atom. The van der Waals surface area contributed by atoms with Crippen LogP contribution < -0.4 is 5.32 Å². The number of benzene rings is 1. The van der Waals surface area contributed by atoms with Crippen LogP contribution in [0.1, 0.15) is 49.2 Å². The second-order valence-electron chi connectivity index (χ2n) is 8.61. The Hall–Kier alpha value is -1.96. The van der Waals surface area contributed by atoms with E-state index in [0.29, 0.717) is 0 Å². The fraction of sp³-hybridized carbons (Fsp3) is 0.522. The van der Waals surface area contributed by atoms with E-state index in [1.807, 2.05) is 19.1 Å². The van der Waals surface area contributed by atoms with Gasteiger partial charge in [-0.3, -0.25) is 15.2 Å². The molecule has 1 spiro atoms. The van der Waals surface area contributed by atoms with Crippen LogP contribution in [0.15, 0.2) is 36.4 Å². The van der Waals surface area contributed by atoms with Crippen molar-refractivity contribution < 1.29 is 17.9 Å². The molecule has 7 heteroatoms. The Labute approximate surface area is 175 Å². The molecule has 1 unspecified atom stereocenters. The van der Waals surface area contributed by atoms with Gasteiger partial charge in [-0.2, -0.15) is 13.2 Å². The van der Waals surface area contributed by atoms with Crippen molar-refractivity contribution >= 4 is 0 Å². The first-order valence-electron chi connectivity index (χ1n) is 10.3. The largest absolute Gasteiger partial charge is 0.416 e. The van der Waals surface area contributed by atoms with Crippen molar-refractivity contribution in [3.05, 3.63) is 53.3 Å². The van der Waals surface area contributed by atoms with Gasteiger partial charge in [0.05, 0.1) is 22.8 Å². The number of ether oxygens (including phenoxy) is 1. The zero-order valence-electron chi connectivity index (χ0n) is 17.8. The second-order valence-corrected chi connectivity index (χ2v) is 8.61. The molecule has 162 valence electrons. The molecular formula is C23H28F3N3O. The molecule has 1 aromatic heterocycles. The van der Waals surface area contributed by atoms with E-state index < -0.39 is 17.5 Å². The number of likely N-dealkylation sites (tertiary alicyclic amines) is 1. The normalized spacial score (nSPS) is 29.8. The van der Waals surface area contributed by atoms with Crippen molar-refractivity contribution in [1.82, 2.24) is 15.2 Å². The lowest BCUT2D eigenvalue weighted by Crippen LogP contribution is -2.61. The van der Waals surface area contributed by atoms with E-state index in [1.165, 1.54) is 12.1 Å². The lowest BCUT2D eigenvalue weighted by atomic mass is 9.85. The molecule has 2 aromatic rings. The van der Waals surface area contributed by atoms with Gasteiger partial charge in [0.25, 0.3) is 0 Å². The maximum Gasteiger partial charge on any atom is 0.416 e. The average molecular weight is 419 g/mol. The van der Waals surface area contributed by atoms with Crippen LogP contribution in [-0.2, 0) is 10.9 Å². The summed E-state index contributed by atoms with van der Waals surface area (Å²) in [6, 6.07) is 9.40. The zero-order chi connectivity index (χ0) is 21.7. The number of hydrogen-bond donors (Lipinski definition) is 1. The molecule has 0 radical (unpaired) electrons. The number of aromatic nitrogens is 1. The SMILES string of the molecule is COC1(C)NCC[C@@]12CC[C@@H](c1cc(-c3ccc(C(F)(F)F)cc3)cc(C)n1)N2C. The first kappa shape index (κ1) is 21.3. The molecule has 0 amide bonds. The highest BCUT2D eigenvalue weighted by molar-refractivity contribution is 5.64. The standard InChI is InChI=1S/C23H28F3N3O/c1-15-13-17(16-5-7-18(8-6-16)23(24,25)26)14-19(28-15)20-9-10-22(29(20)3)11-12-27-21(22,2)30-4/h5-8,13-14,20,27H,9-12H2,1-4H3/t20-,21?,22-/m0/s1. The van der Waals surface area contributed by atoms with Crippen LogP contribution >= 0.6 is 0 Å². The van der Waals surface area contributed by atoms with Crippen molar-refractivity contribution in [2.75, 3.05) is 20.7 Å². The van der Waals surface area contributed by atoms with Gasteiger partial charge < -0.3 is 4.74 Å². The third-order valence-corrected chi connectivity index (χ3v) is 7.13. The van der Waals surface area contributed by atoms with Gasteiger partial charge in [-0.15, -0.1) is 0 Å². The summed E-state index contributed by atoms with van der Waals surface area (Å²) in [5.41, 5.74) is 2.30. The molecule has 3 atom stereocenters. The van der Waals surface area contributed by atoms with E-state index in [-0.39, 0.29) is 11.6 Å². The Morgan fingerprint density at radius 2 is 1.83 bits per heavy atom. The lowest BCUT2D eigenvalue weighted by Gasteiger charge is -2.45. The van der Waals surface area contributed by atoms with Crippen molar-refractivity contribution in [1.29, 1.82) is 0 Å². The highest BCUT2D eigenvalue weighted by Gasteiger charge is 2.59. The molecule has 2 aliphatic heterocycles. The van der Waals surface area contributed by atoms with Gasteiger partial charge >= 0.3 is 6.18 Å². The van der Waals surface area contributed by atoms with Crippen LogP contribution in [0.5, 0.6) is 0 Å². The summed E-state index contributed by atoms with van der Waals surface area (Å²) in [5.74, 6) is 0. The fourth-order valence-corrected chi connectivity index (χ4v) is 5.32. The van der Waals surface area contributed by atoms with E-state index in [9.17, 15) is 13.2 Å². The van der Waals surface area contributed by atoms with Crippen LogP contribution in [0.25, 0.3) is 11.1 Å². The van der Waals surface area contributed by atoms with E-state index in [2.05, 4.69) is 24.2 Å². The predicted octanol–water partition coefficient (Wildman–Crippen LogP) is 4.94. The highest BCUT2D eigenvalue weighted by Crippen LogP contribution is 2.51. The Morgan fingerprint density at radius 3 is 2.47 bits per heavy atom. The second kappa shape index (κ2) is 7.32. The number of methoxy groups -OCH3 is 1. The molecule has 0 aliphatic carbocycles. The summed E-state index contributed by atoms with van der Waals surface area (Å²) in [7, 11) is 3.87. The number of nitrogens with zero attached hydrogens (tertiary/aromatic N) is 2. The van der Waals surface area contributed by atoms with Crippen molar-refractivity contribution in [2.45, 2.75) is 56.6 Å². The zero-order valence-corrected chi connectivity index (χ0v) is 17.8.